The van der Waals surface area contributed by atoms with Crippen LogP contribution in [0.4, 0.5) is 49.4 Å². The van der Waals surface area contributed by atoms with Crippen molar-refractivity contribution in [3.63, 3.8) is 0 Å². The second kappa shape index (κ2) is 27.1. The molecule has 7 rings (SSSR count). The predicted molar refractivity (Wildman–Crippen MR) is 345 cm³/mol. The second-order valence-corrected chi connectivity index (χ2v) is 24.1. The highest BCUT2D eigenvalue weighted by Gasteiger charge is 2.23. The molecule has 87 heavy (non-hydrogen) atoms. The molecule has 4 N–H and O–H groups in total. The summed E-state index contributed by atoms with van der Waals surface area (Å²) in [6.45, 7) is 24.9. The van der Waals surface area contributed by atoms with E-state index in [2.05, 4.69) is 119 Å². The van der Waals surface area contributed by atoms with Gasteiger partial charge in [-0.25, -0.2) is 9.59 Å². The van der Waals surface area contributed by atoms with E-state index in [0.29, 0.717) is 81.0 Å². The molecule has 0 fully saturated rings. The molecule has 444 valence electrons. The van der Waals surface area contributed by atoms with Crippen molar-refractivity contribution >= 4 is 57.7 Å². The van der Waals surface area contributed by atoms with E-state index in [-0.39, 0.29) is 51.9 Å². The lowest BCUT2D eigenvalue weighted by Gasteiger charge is -2.21. The first-order valence-electron chi connectivity index (χ1n) is 28.7. The molecule has 0 radical (unpaired) electrons. The lowest BCUT2D eigenvalue weighted by atomic mass is 9.82. The molecule has 0 aliphatic heterocycles. The minimum atomic E-state index is -0.586. The Morgan fingerprint density at radius 1 is 0.402 bits per heavy atom. The molecule has 0 spiro atoms. The van der Waals surface area contributed by atoms with Crippen molar-refractivity contribution in [3.8, 4) is 35.5 Å². The van der Waals surface area contributed by atoms with Crippen LogP contribution < -0.4 is 21.3 Å². The Hall–Kier alpha value is -10.4. The first-order chi connectivity index (χ1) is 41.1. The first-order valence-corrected chi connectivity index (χ1v) is 28.7. The Morgan fingerprint density at radius 3 is 1.06 bits per heavy atom. The average Bonchev–Trinajstić information content (AvgIpc) is 0.956. The predicted octanol–water partition coefficient (Wildman–Crippen LogP) is 15.8. The molecule has 16 heteroatoms. The summed E-state index contributed by atoms with van der Waals surface area (Å²) >= 11 is 0. The van der Waals surface area contributed by atoms with Crippen molar-refractivity contribution in [2.24, 2.45) is 0 Å². The van der Waals surface area contributed by atoms with E-state index in [0.717, 1.165) is 38.9 Å². The fraction of sp³-hybridized carbons (Fsp3) is 0.282. The highest BCUT2D eigenvalue weighted by molar-refractivity contribution is 6.01. The van der Waals surface area contributed by atoms with Gasteiger partial charge >= 0.3 is 12.1 Å². The number of Topliss-reactive ketones (excluding diaryl/α,β-unsaturated/α-hetero) is 1. The molecule has 0 unspecified atom stereocenters. The minimum absolute atomic E-state index is 0.0563. The smallest absolute Gasteiger partial charge is 0.308 e. The third kappa shape index (κ3) is 16.5. The monoisotopic (exact) mass is 1170 g/mol. The van der Waals surface area contributed by atoms with Crippen LogP contribution in [-0.2, 0) is 53.1 Å². The fourth-order valence-corrected chi connectivity index (χ4v) is 9.72. The van der Waals surface area contributed by atoms with Gasteiger partial charge in [-0.1, -0.05) is 155 Å². The maximum Gasteiger partial charge on any atom is 0.323 e. The SMILES string of the molecule is CCc1c(C#Cc2cc(C(C)(C)C)ccc2CC(=O)Cc2ccc([N+](=O)[O-])cc2)c(CC)c(C#Cc2cc(C(C)(C)C)ccc2NC(=O)Nc2ccc([N+](=O)[O-])cc2)c(CC)c1C#Cc1cc(C(C)(C)C)ccc1NC(=O)Nc1ccc([N+](=O)[O-])cc1. The van der Waals surface area contributed by atoms with Crippen LogP contribution in [-0.4, -0.2) is 32.6 Å². The number of ketones is 1. The third-order valence-electron chi connectivity index (χ3n) is 14.7. The van der Waals surface area contributed by atoms with Gasteiger partial charge in [0.1, 0.15) is 5.78 Å². The Kier molecular flexibility index (Phi) is 20.0. The molecule has 0 bridgehead atoms. The van der Waals surface area contributed by atoms with Gasteiger partial charge in [-0.05, 0) is 135 Å². The van der Waals surface area contributed by atoms with E-state index in [4.69, 9.17) is 0 Å². The summed E-state index contributed by atoms with van der Waals surface area (Å²) < 4.78 is 0. The molecule has 0 saturated carbocycles. The molecule has 7 aromatic carbocycles. The highest BCUT2D eigenvalue weighted by Crippen LogP contribution is 2.34. The molecule has 7 aromatic rings. The van der Waals surface area contributed by atoms with Crippen LogP contribution in [0, 0.1) is 65.9 Å². The van der Waals surface area contributed by atoms with Gasteiger partial charge in [-0.2, -0.15) is 0 Å². The molecule has 4 amide bonds. The van der Waals surface area contributed by atoms with Crippen molar-refractivity contribution in [1.29, 1.82) is 0 Å². The number of urea groups is 2. The number of nitrogens with zero attached hydrogens (tertiary/aromatic N) is 3. The lowest BCUT2D eigenvalue weighted by Crippen LogP contribution is -2.20. The summed E-state index contributed by atoms with van der Waals surface area (Å²) in [7, 11) is 0. The zero-order chi connectivity index (χ0) is 63.5. The van der Waals surface area contributed by atoms with Crippen LogP contribution in [0.25, 0.3) is 0 Å². The zero-order valence-corrected chi connectivity index (χ0v) is 51.2. The zero-order valence-electron chi connectivity index (χ0n) is 51.2. The van der Waals surface area contributed by atoms with Crippen molar-refractivity contribution in [3.05, 3.63) is 236 Å². The van der Waals surface area contributed by atoms with Crippen LogP contribution in [0.15, 0.2) is 127 Å². The van der Waals surface area contributed by atoms with Gasteiger partial charge in [-0.15, -0.1) is 0 Å². The Morgan fingerprint density at radius 2 is 0.724 bits per heavy atom. The molecule has 0 aliphatic rings. The van der Waals surface area contributed by atoms with E-state index in [1.54, 1.807) is 24.3 Å². The van der Waals surface area contributed by atoms with E-state index < -0.39 is 26.8 Å². The number of carbonyl (C=O) groups is 3. The Bertz CT molecular complexity index is 3600. The number of amides is 4. The number of anilines is 4. The summed E-state index contributed by atoms with van der Waals surface area (Å²) in [5.41, 5.74) is 11.0. The number of rotatable bonds is 14. The maximum atomic E-state index is 13.9. The van der Waals surface area contributed by atoms with E-state index in [1.165, 1.54) is 60.7 Å². The van der Waals surface area contributed by atoms with Crippen molar-refractivity contribution in [2.45, 2.75) is 131 Å². The number of non-ortho nitro benzene ring substituents is 3. The fourth-order valence-electron chi connectivity index (χ4n) is 9.72. The van der Waals surface area contributed by atoms with E-state index >= 15 is 0 Å². The molecule has 16 nitrogen and oxygen atoms in total. The van der Waals surface area contributed by atoms with Gasteiger partial charge in [0.2, 0.25) is 0 Å². The first kappa shape index (κ1) is 64.2. The molecular weight excluding hydrogens is 1090 g/mol. The largest absolute Gasteiger partial charge is 0.323 e. The lowest BCUT2D eigenvalue weighted by molar-refractivity contribution is -0.385. The standard InChI is InChI=1S/C71H71N7O9/c1-13-59-62(35-19-46-41-50(69(4,5)6)22-18-47(46)44-58(79)40-45-16-29-55(30-17-45)76(82)83)60(14-2)64(37-21-49-43-52(71(10,11)12)24-39-66(49)75-68(81)73-54-27-33-57(34-28-54)78(86)87)61(15-3)63(59)36-20-48-42-51(70(7,8)9)23-38-65(48)74-67(80)72-53-25-31-56(32-26-53)77(84)85/h16-18,22-34,38-39,41-43H,13-15,40,44H2,1-12H3,(H2,72,74,80)(H2,73,75,81). The molecule has 0 heterocycles. The van der Waals surface area contributed by atoms with Gasteiger partial charge in [0.25, 0.3) is 17.1 Å². The van der Waals surface area contributed by atoms with E-state index in [9.17, 15) is 44.7 Å². The number of nitro benzene ring substituents is 3. The van der Waals surface area contributed by atoms with Gasteiger partial charge in [0.05, 0.1) is 26.1 Å². The topological polar surface area (TPSA) is 229 Å². The van der Waals surface area contributed by atoms with Crippen LogP contribution in [0.5, 0.6) is 0 Å². The normalized spacial score (nSPS) is 11.1. The number of hydrogen-bond acceptors (Lipinski definition) is 9. The van der Waals surface area contributed by atoms with Crippen molar-refractivity contribution in [2.75, 3.05) is 21.3 Å². The number of benzene rings is 7. The van der Waals surface area contributed by atoms with Gasteiger partial charge < -0.3 is 21.3 Å². The summed E-state index contributed by atoms with van der Waals surface area (Å²) in [4.78, 5) is 73.8. The molecule has 0 atom stereocenters. The number of nitrogens with one attached hydrogen (secondary N) is 4. The number of nitro groups is 3. The molecule has 0 aromatic heterocycles. The summed E-state index contributed by atoms with van der Waals surface area (Å²) in [5.74, 6) is 21.2. The quantitative estimate of drug-likeness (QED) is 0.0460. The van der Waals surface area contributed by atoms with Crippen molar-refractivity contribution in [1.82, 2.24) is 0 Å². The summed E-state index contributed by atoms with van der Waals surface area (Å²) in [5, 5.41) is 45.5. The van der Waals surface area contributed by atoms with Crippen molar-refractivity contribution < 1.29 is 29.2 Å². The van der Waals surface area contributed by atoms with Gasteiger partial charge in [-0.3, -0.25) is 35.1 Å². The van der Waals surface area contributed by atoms with Crippen LogP contribution in [0.1, 0.15) is 161 Å². The highest BCUT2D eigenvalue weighted by atomic mass is 16.6. The average molecular weight is 1170 g/mol. The number of carbonyl (C=O) groups excluding carboxylic acids is 3. The van der Waals surface area contributed by atoms with Crippen LogP contribution in [0.3, 0.4) is 0 Å². The van der Waals surface area contributed by atoms with Gasteiger partial charge in [0, 0.05) is 94.0 Å². The Balaban J connectivity index is 1.44. The molecule has 0 aliphatic carbocycles. The molecular formula is C71H71N7O9. The van der Waals surface area contributed by atoms with Crippen LogP contribution in [0.2, 0.25) is 0 Å². The number of hydrogen-bond donors (Lipinski definition) is 4. The summed E-state index contributed by atoms with van der Waals surface area (Å²) in [6, 6.07) is 33.2. The van der Waals surface area contributed by atoms with E-state index in [1.807, 2.05) is 63.2 Å². The maximum absolute atomic E-state index is 13.9. The second-order valence-electron chi connectivity index (χ2n) is 24.1. The third-order valence-corrected chi connectivity index (χ3v) is 14.7. The van der Waals surface area contributed by atoms with Gasteiger partial charge in [0.15, 0.2) is 0 Å². The summed E-state index contributed by atoms with van der Waals surface area (Å²) in [6.07, 6.45) is 1.61. The van der Waals surface area contributed by atoms with Crippen LogP contribution >= 0.6 is 0 Å². The Labute approximate surface area is 508 Å². The molecule has 0 saturated heterocycles. The minimum Gasteiger partial charge on any atom is -0.308 e.